The summed E-state index contributed by atoms with van der Waals surface area (Å²) >= 11 is 0. The average Bonchev–Trinajstić information content (AvgIpc) is 3.17. The first-order valence-electron chi connectivity index (χ1n) is 7.50. The van der Waals surface area contributed by atoms with Crippen LogP contribution in [0.1, 0.15) is 27.7 Å². The molecule has 24 heavy (non-hydrogen) atoms. The Morgan fingerprint density at radius 2 is 1.96 bits per heavy atom. The Kier molecular flexibility index (Phi) is 3.23. The molecule has 0 fully saturated rings. The third-order valence-corrected chi connectivity index (χ3v) is 4.16. The van der Waals surface area contributed by atoms with E-state index in [1.807, 2.05) is 30.3 Å². The van der Waals surface area contributed by atoms with Crippen LogP contribution in [0.2, 0.25) is 0 Å². The number of aromatic nitrogens is 2. The number of aromatic amines is 1. The molecule has 1 aliphatic rings. The number of methoxy groups -OCH3 is 1. The van der Waals surface area contributed by atoms with E-state index in [1.165, 1.54) is 0 Å². The topological polar surface area (TPSA) is 87.2 Å². The number of phenolic OH excluding ortho intramolecular Hbond substituents is 1. The third-order valence-electron chi connectivity index (χ3n) is 4.16. The van der Waals surface area contributed by atoms with E-state index in [0.29, 0.717) is 11.4 Å². The van der Waals surface area contributed by atoms with Crippen LogP contribution in [0.5, 0.6) is 11.5 Å². The fourth-order valence-corrected chi connectivity index (χ4v) is 3.00. The van der Waals surface area contributed by atoms with Crippen molar-refractivity contribution in [3.05, 3.63) is 65.4 Å². The summed E-state index contributed by atoms with van der Waals surface area (Å²) < 4.78 is 5.18. The number of rotatable bonds is 3. The van der Waals surface area contributed by atoms with Gasteiger partial charge in [-0.05, 0) is 42.0 Å². The van der Waals surface area contributed by atoms with Gasteiger partial charge >= 0.3 is 0 Å². The molecule has 0 saturated carbocycles. The van der Waals surface area contributed by atoms with Crippen LogP contribution in [0.3, 0.4) is 0 Å². The molecular weight excluding hydrogens is 306 g/mol. The molecule has 1 aromatic heterocycles. The molecule has 0 saturated heterocycles. The van der Waals surface area contributed by atoms with Crippen LogP contribution >= 0.6 is 0 Å². The predicted octanol–water partition coefficient (Wildman–Crippen LogP) is 2.62. The fraction of sp³-hybridized carbons (Fsp3) is 0.111. The lowest BCUT2D eigenvalue weighted by atomic mass is 9.96. The second-order valence-electron chi connectivity index (χ2n) is 5.59. The van der Waals surface area contributed by atoms with Crippen LogP contribution in [0.25, 0.3) is 11.3 Å². The van der Waals surface area contributed by atoms with Gasteiger partial charge in [-0.2, -0.15) is 5.10 Å². The number of aromatic hydroxyl groups is 1. The maximum absolute atomic E-state index is 12.2. The van der Waals surface area contributed by atoms with Crippen molar-refractivity contribution in [1.29, 1.82) is 0 Å². The second-order valence-corrected chi connectivity index (χ2v) is 5.59. The molecule has 2 aromatic carbocycles. The summed E-state index contributed by atoms with van der Waals surface area (Å²) in [5.41, 5.74) is 3.64. The molecule has 120 valence electrons. The van der Waals surface area contributed by atoms with Crippen molar-refractivity contribution in [3.63, 3.8) is 0 Å². The van der Waals surface area contributed by atoms with E-state index < -0.39 is 0 Å². The van der Waals surface area contributed by atoms with E-state index >= 15 is 0 Å². The van der Waals surface area contributed by atoms with Gasteiger partial charge in [0.15, 0.2) is 0 Å². The standard InChI is InChI=1S/C18H15N3O3/c1-24-13-7-5-10(6-8-13)16-14-15(11-3-2-4-12(22)9-11)19-18(23)17(14)21-20-16/h2-9,15,22H,1H3,(H,19,23)(H,20,21)/t15-/m1/s1. The van der Waals surface area contributed by atoms with Crippen LogP contribution in [-0.2, 0) is 0 Å². The van der Waals surface area contributed by atoms with Gasteiger partial charge in [-0.1, -0.05) is 12.1 Å². The zero-order valence-corrected chi connectivity index (χ0v) is 12.9. The number of amides is 1. The van der Waals surface area contributed by atoms with E-state index in [9.17, 15) is 9.90 Å². The number of fused-ring (bicyclic) bond motifs is 1. The monoisotopic (exact) mass is 321 g/mol. The van der Waals surface area contributed by atoms with E-state index in [2.05, 4.69) is 15.5 Å². The van der Waals surface area contributed by atoms with Crippen LogP contribution in [-0.4, -0.2) is 28.3 Å². The second kappa shape index (κ2) is 5.42. The van der Waals surface area contributed by atoms with Gasteiger partial charge in [0.1, 0.15) is 17.2 Å². The number of carbonyl (C=O) groups is 1. The van der Waals surface area contributed by atoms with Crippen molar-refractivity contribution in [2.45, 2.75) is 6.04 Å². The summed E-state index contributed by atoms with van der Waals surface area (Å²) in [6.07, 6.45) is 0. The van der Waals surface area contributed by atoms with Gasteiger partial charge in [0.25, 0.3) is 5.91 Å². The normalized spacial score (nSPS) is 15.9. The van der Waals surface area contributed by atoms with Gasteiger partial charge in [-0.3, -0.25) is 9.89 Å². The minimum atomic E-state index is -0.351. The molecule has 2 heterocycles. The first-order chi connectivity index (χ1) is 11.7. The van der Waals surface area contributed by atoms with Crippen molar-refractivity contribution >= 4 is 5.91 Å². The molecule has 4 rings (SSSR count). The zero-order chi connectivity index (χ0) is 16.7. The number of H-pyrrole nitrogens is 1. The SMILES string of the molecule is COc1ccc(-c2n[nH]c3c2[C@@H](c2cccc(O)c2)NC3=O)cc1. The number of nitrogens with one attached hydrogen (secondary N) is 2. The summed E-state index contributed by atoms with van der Waals surface area (Å²) in [4.78, 5) is 12.2. The largest absolute Gasteiger partial charge is 0.508 e. The molecule has 0 radical (unpaired) electrons. The molecule has 0 aliphatic carbocycles. The lowest BCUT2D eigenvalue weighted by Gasteiger charge is -2.13. The minimum absolute atomic E-state index is 0.157. The summed E-state index contributed by atoms with van der Waals surface area (Å²) in [5.74, 6) is 0.708. The summed E-state index contributed by atoms with van der Waals surface area (Å²) in [6, 6.07) is 14.0. The van der Waals surface area contributed by atoms with Crippen molar-refractivity contribution < 1.29 is 14.6 Å². The maximum Gasteiger partial charge on any atom is 0.270 e. The van der Waals surface area contributed by atoms with E-state index in [1.54, 1.807) is 25.3 Å². The fourth-order valence-electron chi connectivity index (χ4n) is 3.00. The summed E-state index contributed by atoms with van der Waals surface area (Å²) in [7, 11) is 1.61. The Hall–Kier alpha value is -3.28. The highest BCUT2D eigenvalue weighted by Gasteiger charge is 2.35. The van der Waals surface area contributed by atoms with Crippen molar-refractivity contribution in [3.8, 4) is 22.8 Å². The molecule has 1 aliphatic heterocycles. The van der Waals surface area contributed by atoms with Crippen molar-refractivity contribution in [2.75, 3.05) is 7.11 Å². The molecular formula is C18H15N3O3. The summed E-state index contributed by atoms with van der Waals surface area (Å²) in [5, 5.41) is 19.8. The van der Waals surface area contributed by atoms with Gasteiger partial charge in [-0.15, -0.1) is 0 Å². The minimum Gasteiger partial charge on any atom is -0.508 e. The number of hydrogen-bond acceptors (Lipinski definition) is 4. The molecule has 0 unspecified atom stereocenters. The summed E-state index contributed by atoms with van der Waals surface area (Å²) in [6.45, 7) is 0. The van der Waals surface area contributed by atoms with E-state index in [4.69, 9.17) is 4.74 Å². The highest BCUT2D eigenvalue weighted by molar-refractivity contribution is 6.00. The Labute approximate surface area is 138 Å². The van der Waals surface area contributed by atoms with Gasteiger partial charge in [-0.25, -0.2) is 0 Å². The number of hydrogen-bond donors (Lipinski definition) is 3. The van der Waals surface area contributed by atoms with Crippen LogP contribution in [0.4, 0.5) is 0 Å². The lowest BCUT2D eigenvalue weighted by molar-refractivity contribution is 0.0955. The number of ether oxygens (including phenoxy) is 1. The zero-order valence-electron chi connectivity index (χ0n) is 12.9. The quantitative estimate of drug-likeness (QED) is 0.692. The highest BCUT2D eigenvalue weighted by atomic mass is 16.5. The van der Waals surface area contributed by atoms with Crippen LogP contribution < -0.4 is 10.1 Å². The molecule has 3 aromatic rings. The third kappa shape index (κ3) is 2.20. The first-order valence-corrected chi connectivity index (χ1v) is 7.50. The number of carbonyl (C=O) groups excluding carboxylic acids is 1. The van der Waals surface area contributed by atoms with Gasteiger partial charge < -0.3 is 15.2 Å². The van der Waals surface area contributed by atoms with Crippen LogP contribution in [0, 0.1) is 0 Å². The molecule has 3 N–H and O–H groups in total. The highest BCUT2D eigenvalue weighted by Crippen LogP contribution is 2.37. The molecule has 6 heteroatoms. The Balaban J connectivity index is 1.82. The van der Waals surface area contributed by atoms with Gasteiger partial charge in [0.2, 0.25) is 0 Å². The predicted molar refractivity (Wildman–Crippen MR) is 88.0 cm³/mol. The molecule has 0 spiro atoms. The Morgan fingerprint density at radius 3 is 2.67 bits per heavy atom. The first kappa shape index (κ1) is 14.3. The van der Waals surface area contributed by atoms with Crippen molar-refractivity contribution in [2.24, 2.45) is 0 Å². The Morgan fingerprint density at radius 1 is 1.17 bits per heavy atom. The van der Waals surface area contributed by atoms with E-state index in [0.717, 1.165) is 22.4 Å². The average molecular weight is 321 g/mol. The van der Waals surface area contributed by atoms with E-state index in [-0.39, 0.29) is 17.7 Å². The molecule has 0 bridgehead atoms. The number of phenols is 1. The molecule has 6 nitrogen and oxygen atoms in total. The van der Waals surface area contributed by atoms with Crippen molar-refractivity contribution in [1.82, 2.24) is 15.5 Å². The van der Waals surface area contributed by atoms with Gasteiger partial charge in [0, 0.05) is 11.1 Å². The van der Waals surface area contributed by atoms with Crippen LogP contribution in [0.15, 0.2) is 48.5 Å². The molecule has 1 amide bonds. The Bertz CT molecular complexity index is 916. The molecule has 1 atom stereocenters. The number of nitrogens with zero attached hydrogens (tertiary/aromatic N) is 1. The van der Waals surface area contributed by atoms with Gasteiger partial charge in [0.05, 0.1) is 18.8 Å². The number of benzene rings is 2. The maximum atomic E-state index is 12.2. The lowest BCUT2D eigenvalue weighted by Crippen LogP contribution is -2.21. The smallest absolute Gasteiger partial charge is 0.270 e.